The third-order valence-electron chi connectivity index (χ3n) is 3.62. The van der Waals surface area contributed by atoms with Crippen molar-refractivity contribution in [3.05, 3.63) is 59.7 Å². The summed E-state index contributed by atoms with van der Waals surface area (Å²) in [5, 5.41) is 2.11. The molecule has 0 aliphatic carbocycles. The Morgan fingerprint density at radius 2 is 0.864 bits per heavy atom. The summed E-state index contributed by atoms with van der Waals surface area (Å²) in [7, 11) is 0. The molecule has 0 amide bonds. The molecule has 118 valence electrons. The minimum atomic E-state index is -2.24. The summed E-state index contributed by atoms with van der Waals surface area (Å²) in [6.45, 7) is -0.660. The maximum Gasteiger partial charge on any atom is 0.277 e. The highest BCUT2D eigenvalue weighted by Crippen LogP contribution is 2.16. The van der Waals surface area contributed by atoms with Gasteiger partial charge in [-0.15, -0.1) is 44.3 Å². The van der Waals surface area contributed by atoms with Crippen molar-refractivity contribution in [1.29, 1.82) is 0 Å². The van der Waals surface area contributed by atoms with E-state index in [1.807, 2.05) is 37.4 Å². The molecule has 0 heterocycles. The zero-order valence-electron chi connectivity index (χ0n) is 12.5. The normalized spacial score (nSPS) is 12.5. The van der Waals surface area contributed by atoms with E-state index in [9.17, 15) is 0 Å². The highest BCUT2D eigenvalue weighted by atomic mass is 35.7. The quantitative estimate of drug-likeness (QED) is 0.483. The fourth-order valence-electron chi connectivity index (χ4n) is 2.22. The van der Waals surface area contributed by atoms with Crippen LogP contribution in [0.5, 0.6) is 0 Å². The van der Waals surface area contributed by atoms with Crippen molar-refractivity contribution in [2.24, 2.45) is 0 Å². The Bertz CT molecular complexity index is 553. The number of hydrogen-bond acceptors (Lipinski definition) is 0. The fourth-order valence-corrected chi connectivity index (χ4v) is 5.23. The molecule has 0 N–H and O–H groups in total. The molecule has 0 aromatic heterocycles. The van der Waals surface area contributed by atoms with Crippen molar-refractivity contribution >= 4 is 68.1 Å². The second kappa shape index (κ2) is 7.29. The molecule has 0 saturated carbocycles. The summed E-state index contributed by atoms with van der Waals surface area (Å²) in [4.78, 5) is 0. The molecule has 22 heavy (non-hydrogen) atoms. The first-order valence-corrected chi connectivity index (χ1v) is 16.2. The molecule has 0 spiro atoms. The van der Waals surface area contributed by atoms with Gasteiger partial charge < -0.3 is 0 Å². The van der Waals surface area contributed by atoms with Crippen molar-refractivity contribution < 1.29 is 0 Å². The lowest BCUT2D eigenvalue weighted by molar-refractivity contribution is 0.961. The summed E-state index contributed by atoms with van der Waals surface area (Å²) >= 11 is 24.9. The molecule has 2 rings (SSSR count). The highest BCUT2D eigenvalue weighted by Gasteiger charge is 2.24. The van der Waals surface area contributed by atoms with Gasteiger partial charge >= 0.3 is 0 Å². The zero-order chi connectivity index (χ0) is 16.4. The van der Waals surface area contributed by atoms with Gasteiger partial charge in [-0.05, 0) is 47.4 Å². The predicted octanol–water partition coefficient (Wildman–Crippen LogP) is 4.99. The summed E-state index contributed by atoms with van der Waals surface area (Å²) in [5.41, 5.74) is 2.57. The summed E-state index contributed by atoms with van der Waals surface area (Å²) < 4.78 is 0. The van der Waals surface area contributed by atoms with E-state index in [0.29, 0.717) is 0 Å². The van der Waals surface area contributed by atoms with Gasteiger partial charge in [0, 0.05) is 0 Å². The van der Waals surface area contributed by atoms with Crippen LogP contribution in [-0.2, 0) is 12.8 Å². The average molecular weight is 408 g/mol. The monoisotopic (exact) mass is 406 g/mol. The second-order valence-electron chi connectivity index (χ2n) is 5.67. The van der Waals surface area contributed by atoms with Crippen molar-refractivity contribution in [3.63, 3.8) is 0 Å². The molecule has 0 aliphatic heterocycles. The number of benzene rings is 2. The first-order valence-electron chi connectivity index (χ1n) is 7.11. The van der Waals surface area contributed by atoms with Gasteiger partial charge in [0.25, 0.3) is 13.4 Å². The molecule has 0 fully saturated rings. The lowest BCUT2D eigenvalue weighted by atomic mass is 10.0. The van der Waals surface area contributed by atoms with Crippen molar-refractivity contribution in [2.45, 2.75) is 25.9 Å². The second-order valence-corrected chi connectivity index (χ2v) is 20.6. The fraction of sp³-hybridized carbons (Fsp3) is 0.250. The molecule has 0 saturated heterocycles. The number of rotatable bonds is 5. The Balaban J connectivity index is 1.98. The summed E-state index contributed by atoms with van der Waals surface area (Å²) in [6.07, 6.45) is 1.97. The molecule has 0 unspecified atom stereocenters. The predicted molar refractivity (Wildman–Crippen MR) is 106 cm³/mol. The molecule has 0 atom stereocenters. The zero-order valence-corrected chi connectivity index (χ0v) is 17.6. The molecule has 0 bridgehead atoms. The van der Waals surface area contributed by atoms with Gasteiger partial charge in [-0.3, -0.25) is 0 Å². The van der Waals surface area contributed by atoms with Gasteiger partial charge in [0.05, 0.1) is 0 Å². The van der Waals surface area contributed by atoms with Crippen LogP contribution in [0.25, 0.3) is 0 Å². The van der Waals surface area contributed by atoms with Crippen LogP contribution in [0.1, 0.15) is 11.1 Å². The third kappa shape index (κ3) is 5.29. The molecule has 0 nitrogen and oxygen atoms in total. The molecular formula is C16H18Cl4Si2. The molecule has 2 aromatic carbocycles. The minimum Gasteiger partial charge on any atom is -0.140 e. The Labute approximate surface area is 153 Å². The molecule has 0 aliphatic rings. The number of halogens is 4. The Kier molecular flexibility index (Phi) is 6.09. The van der Waals surface area contributed by atoms with E-state index in [1.165, 1.54) is 11.1 Å². The Morgan fingerprint density at radius 3 is 1.09 bits per heavy atom. The van der Waals surface area contributed by atoms with Gasteiger partial charge in [-0.1, -0.05) is 48.5 Å². The number of aryl methyl sites for hydroxylation is 2. The number of hydrogen-bond donors (Lipinski definition) is 0. The van der Waals surface area contributed by atoms with Crippen molar-refractivity contribution in [1.82, 2.24) is 0 Å². The van der Waals surface area contributed by atoms with Crippen molar-refractivity contribution in [2.75, 3.05) is 0 Å². The van der Waals surface area contributed by atoms with Crippen LogP contribution >= 0.6 is 44.3 Å². The molecule has 6 heteroatoms. The van der Waals surface area contributed by atoms with Crippen LogP contribution in [0.3, 0.4) is 0 Å². The van der Waals surface area contributed by atoms with Gasteiger partial charge in [-0.25, -0.2) is 0 Å². The van der Waals surface area contributed by atoms with E-state index >= 15 is 0 Å². The van der Waals surface area contributed by atoms with Crippen LogP contribution < -0.4 is 10.4 Å². The third-order valence-corrected chi connectivity index (χ3v) is 8.94. The lowest BCUT2D eigenvalue weighted by Crippen LogP contribution is -2.32. The van der Waals surface area contributed by atoms with Crippen molar-refractivity contribution in [3.8, 4) is 0 Å². The largest absolute Gasteiger partial charge is 0.277 e. The first-order chi connectivity index (χ1) is 10.2. The van der Waals surface area contributed by atoms with Crippen LogP contribution in [0, 0.1) is 0 Å². The topological polar surface area (TPSA) is 0 Å². The maximum absolute atomic E-state index is 6.22. The Hall–Kier alpha value is 0.0338. The van der Waals surface area contributed by atoms with Crippen LogP contribution in [0.4, 0.5) is 0 Å². The van der Waals surface area contributed by atoms with E-state index < -0.39 is 13.4 Å². The van der Waals surface area contributed by atoms with Crippen LogP contribution in [0.15, 0.2) is 48.5 Å². The smallest absolute Gasteiger partial charge is 0.140 e. The maximum atomic E-state index is 6.22. The van der Waals surface area contributed by atoms with E-state index in [1.54, 1.807) is 0 Å². The van der Waals surface area contributed by atoms with E-state index in [0.717, 1.165) is 23.2 Å². The Morgan fingerprint density at radius 1 is 0.591 bits per heavy atom. The first kappa shape index (κ1) is 18.4. The SMILES string of the molecule is C[Si](Cl)(Cl)c1ccc(CCc2ccc([Si](C)(Cl)Cl)cc2)cc1. The van der Waals surface area contributed by atoms with Gasteiger partial charge in [0.15, 0.2) is 0 Å². The lowest BCUT2D eigenvalue weighted by Gasteiger charge is -2.12. The molecular weight excluding hydrogens is 390 g/mol. The van der Waals surface area contributed by atoms with E-state index in [-0.39, 0.29) is 0 Å². The highest BCUT2D eigenvalue weighted by molar-refractivity contribution is 7.50. The van der Waals surface area contributed by atoms with Crippen LogP contribution in [-0.4, -0.2) is 13.4 Å². The van der Waals surface area contributed by atoms with Gasteiger partial charge in [-0.2, -0.15) is 0 Å². The summed E-state index contributed by atoms with van der Waals surface area (Å²) in [6, 6.07) is 16.6. The minimum absolute atomic E-state index is 0.985. The van der Waals surface area contributed by atoms with Gasteiger partial charge in [0.2, 0.25) is 0 Å². The standard InChI is InChI=1S/C16H18Cl4Si2/c1-21(17,18)15-9-5-13(6-10-15)3-4-14-7-11-16(12-8-14)22(2,19)20/h5-12H,3-4H2,1-2H3. The van der Waals surface area contributed by atoms with Crippen LogP contribution in [0.2, 0.25) is 13.1 Å². The molecule has 2 aromatic rings. The van der Waals surface area contributed by atoms with E-state index in [4.69, 9.17) is 44.3 Å². The summed E-state index contributed by atoms with van der Waals surface area (Å²) in [5.74, 6) is 0. The average Bonchev–Trinajstić information content (AvgIpc) is 2.44. The molecule has 0 radical (unpaired) electrons. The van der Waals surface area contributed by atoms with E-state index in [2.05, 4.69) is 24.3 Å². The van der Waals surface area contributed by atoms with Gasteiger partial charge in [0.1, 0.15) is 0 Å².